The SMILES string of the molecule is COc1ccc(Cl)cc1NC(=O)N1CCCCC1CCn1ccnc1. The van der Waals surface area contributed by atoms with Crippen LogP contribution in [0.1, 0.15) is 25.7 Å². The van der Waals surface area contributed by atoms with Gasteiger partial charge in [-0.1, -0.05) is 11.6 Å². The Kier molecular flexibility index (Phi) is 5.81. The van der Waals surface area contributed by atoms with Gasteiger partial charge in [-0.05, 0) is 43.9 Å². The number of amides is 2. The van der Waals surface area contributed by atoms with Crippen molar-refractivity contribution in [3.05, 3.63) is 41.9 Å². The molecule has 1 aromatic carbocycles. The fraction of sp³-hybridized carbons (Fsp3) is 0.444. The van der Waals surface area contributed by atoms with Gasteiger partial charge < -0.3 is 19.5 Å². The molecule has 1 aromatic heterocycles. The number of anilines is 1. The van der Waals surface area contributed by atoms with Gasteiger partial charge in [0, 0.05) is 36.5 Å². The fourth-order valence-electron chi connectivity index (χ4n) is 3.25. The number of urea groups is 1. The second kappa shape index (κ2) is 8.25. The zero-order chi connectivity index (χ0) is 17.6. The Morgan fingerprint density at radius 3 is 3.08 bits per heavy atom. The maximum Gasteiger partial charge on any atom is 0.322 e. The summed E-state index contributed by atoms with van der Waals surface area (Å²) in [4.78, 5) is 18.8. The first kappa shape index (κ1) is 17.6. The summed E-state index contributed by atoms with van der Waals surface area (Å²) in [5, 5.41) is 3.52. The molecule has 1 aliphatic rings. The number of ether oxygens (including phenoxy) is 1. The minimum absolute atomic E-state index is 0.101. The second-order valence-corrected chi connectivity index (χ2v) is 6.64. The van der Waals surface area contributed by atoms with Crippen LogP contribution in [-0.4, -0.2) is 40.2 Å². The molecule has 0 aliphatic carbocycles. The average Bonchev–Trinajstić information content (AvgIpc) is 3.14. The number of hydrogen-bond acceptors (Lipinski definition) is 3. The first-order valence-electron chi connectivity index (χ1n) is 8.54. The molecule has 1 atom stereocenters. The van der Waals surface area contributed by atoms with Crippen LogP contribution >= 0.6 is 11.6 Å². The highest BCUT2D eigenvalue weighted by atomic mass is 35.5. The highest BCUT2D eigenvalue weighted by Gasteiger charge is 2.27. The number of piperidine rings is 1. The Morgan fingerprint density at radius 2 is 2.32 bits per heavy atom. The standard InChI is InChI=1S/C18H23ClN4O2/c1-25-17-6-5-14(19)12-16(17)21-18(24)23-9-3-2-4-15(23)7-10-22-11-8-20-13-22/h5-6,8,11-13,15H,2-4,7,9-10H2,1H3,(H,21,24). The monoisotopic (exact) mass is 362 g/mol. The number of carbonyl (C=O) groups is 1. The van der Waals surface area contributed by atoms with Gasteiger partial charge in [-0.25, -0.2) is 9.78 Å². The number of likely N-dealkylation sites (tertiary alicyclic amines) is 1. The van der Waals surface area contributed by atoms with Crippen LogP contribution < -0.4 is 10.1 Å². The van der Waals surface area contributed by atoms with Crippen molar-refractivity contribution in [3.8, 4) is 5.75 Å². The van der Waals surface area contributed by atoms with Crippen molar-refractivity contribution in [3.63, 3.8) is 0 Å². The number of benzene rings is 1. The summed E-state index contributed by atoms with van der Waals surface area (Å²) in [6.07, 6.45) is 9.65. The third-order valence-electron chi connectivity index (χ3n) is 4.57. The van der Waals surface area contributed by atoms with Crippen molar-refractivity contribution >= 4 is 23.3 Å². The minimum atomic E-state index is -0.101. The molecule has 1 unspecified atom stereocenters. The molecule has 7 heteroatoms. The smallest absolute Gasteiger partial charge is 0.322 e. The number of rotatable bonds is 5. The molecule has 0 bridgehead atoms. The van der Waals surface area contributed by atoms with Crippen molar-refractivity contribution < 1.29 is 9.53 Å². The Bertz CT molecular complexity index is 705. The van der Waals surface area contributed by atoms with Crippen molar-refractivity contribution in [2.24, 2.45) is 0 Å². The molecule has 2 heterocycles. The van der Waals surface area contributed by atoms with E-state index in [0.29, 0.717) is 16.5 Å². The molecule has 1 saturated heterocycles. The Morgan fingerprint density at radius 1 is 1.44 bits per heavy atom. The lowest BCUT2D eigenvalue weighted by molar-refractivity contribution is 0.155. The molecule has 3 rings (SSSR count). The number of nitrogens with zero attached hydrogens (tertiary/aromatic N) is 3. The second-order valence-electron chi connectivity index (χ2n) is 6.21. The van der Waals surface area contributed by atoms with Crippen LogP contribution in [-0.2, 0) is 6.54 Å². The van der Waals surface area contributed by atoms with E-state index in [9.17, 15) is 4.79 Å². The number of methoxy groups -OCH3 is 1. The molecule has 1 N–H and O–H groups in total. The third kappa shape index (κ3) is 4.45. The average molecular weight is 363 g/mol. The van der Waals surface area contributed by atoms with Crippen molar-refractivity contribution in [1.82, 2.24) is 14.5 Å². The van der Waals surface area contributed by atoms with Crippen LogP contribution in [0.15, 0.2) is 36.9 Å². The molecule has 0 radical (unpaired) electrons. The van der Waals surface area contributed by atoms with Crippen LogP contribution in [0.5, 0.6) is 5.75 Å². The summed E-state index contributed by atoms with van der Waals surface area (Å²) in [6, 6.07) is 5.33. The Hall–Kier alpha value is -2.21. The van der Waals surface area contributed by atoms with Gasteiger partial charge in [0.2, 0.25) is 0 Å². The minimum Gasteiger partial charge on any atom is -0.495 e. The highest BCUT2D eigenvalue weighted by Crippen LogP contribution is 2.29. The van der Waals surface area contributed by atoms with E-state index in [1.165, 1.54) is 0 Å². The summed E-state index contributed by atoms with van der Waals surface area (Å²) in [5.41, 5.74) is 0.596. The lowest BCUT2D eigenvalue weighted by Gasteiger charge is -2.36. The number of halogens is 1. The molecule has 2 aromatic rings. The first-order chi connectivity index (χ1) is 12.2. The largest absolute Gasteiger partial charge is 0.495 e. The summed E-state index contributed by atoms with van der Waals surface area (Å²) >= 11 is 6.05. The van der Waals surface area contributed by atoms with E-state index in [1.54, 1.807) is 31.5 Å². The van der Waals surface area contributed by atoms with Gasteiger partial charge in [0.15, 0.2) is 0 Å². The summed E-state index contributed by atoms with van der Waals surface area (Å²) < 4.78 is 7.36. The molecular weight excluding hydrogens is 340 g/mol. The van der Waals surface area contributed by atoms with Crippen molar-refractivity contribution in [1.29, 1.82) is 0 Å². The van der Waals surface area contributed by atoms with Gasteiger partial charge in [-0.15, -0.1) is 0 Å². The number of hydrogen-bond donors (Lipinski definition) is 1. The number of aryl methyl sites for hydroxylation is 1. The van der Waals surface area contributed by atoms with E-state index >= 15 is 0 Å². The summed E-state index contributed by atoms with van der Waals surface area (Å²) in [5.74, 6) is 0.602. The topological polar surface area (TPSA) is 59.4 Å². The number of carbonyl (C=O) groups excluding carboxylic acids is 1. The van der Waals surface area contributed by atoms with Gasteiger partial charge >= 0.3 is 6.03 Å². The van der Waals surface area contributed by atoms with Gasteiger partial charge in [-0.2, -0.15) is 0 Å². The maximum atomic E-state index is 12.8. The molecule has 1 fully saturated rings. The molecule has 0 saturated carbocycles. The van der Waals surface area contributed by atoms with Gasteiger partial charge in [-0.3, -0.25) is 0 Å². The molecule has 6 nitrogen and oxygen atoms in total. The Balaban J connectivity index is 1.67. The molecule has 25 heavy (non-hydrogen) atoms. The first-order valence-corrected chi connectivity index (χ1v) is 8.92. The molecule has 1 aliphatic heterocycles. The predicted molar refractivity (Wildman–Crippen MR) is 98.2 cm³/mol. The van der Waals surface area contributed by atoms with Crippen molar-refractivity contribution in [2.45, 2.75) is 38.3 Å². The van der Waals surface area contributed by atoms with Gasteiger partial charge in [0.25, 0.3) is 0 Å². The van der Waals surface area contributed by atoms with Crippen LogP contribution in [0, 0.1) is 0 Å². The van der Waals surface area contributed by atoms with E-state index in [2.05, 4.69) is 10.3 Å². The van der Waals surface area contributed by atoms with Crippen LogP contribution in [0.25, 0.3) is 0 Å². The maximum absolute atomic E-state index is 12.8. The van der Waals surface area contributed by atoms with Crippen LogP contribution in [0.2, 0.25) is 5.02 Å². The highest BCUT2D eigenvalue weighted by molar-refractivity contribution is 6.31. The van der Waals surface area contributed by atoms with E-state index in [4.69, 9.17) is 16.3 Å². The quantitative estimate of drug-likeness (QED) is 0.873. The van der Waals surface area contributed by atoms with E-state index in [0.717, 1.165) is 38.8 Å². The molecule has 134 valence electrons. The summed E-state index contributed by atoms with van der Waals surface area (Å²) in [7, 11) is 1.58. The van der Waals surface area contributed by atoms with Crippen LogP contribution in [0.4, 0.5) is 10.5 Å². The van der Waals surface area contributed by atoms with Gasteiger partial charge in [0.1, 0.15) is 5.75 Å². The van der Waals surface area contributed by atoms with Gasteiger partial charge in [0.05, 0.1) is 19.1 Å². The van der Waals surface area contributed by atoms with E-state index in [1.807, 2.05) is 22.0 Å². The molecular formula is C18H23ClN4O2. The number of imidazole rings is 1. The van der Waals surface area contributed by atoms with Crippen LogP contribution in [0.3, 0.4) is 0 Å². The lowest BCUT2D eigenvalue weighted by Crippen LogP contribution is -2.46. The zero-order valence-corrected chi connectivity index (χ0v) is 15.1. The summed E-state index contributed by atoms with van der Waals surface area (Å²) in [6.45, 7) is 1.62. The van der Waals surface area contributed by atoms with Crippen molar-refractivity contribution in [2.75, 3.05) is 19.0 Å². The van der Waals surface area contributed by atoms with E-state index < -0.39 is 0 Å². The number of nitrogens with one attached hydrogen (secondary N) is 1. The fourth-order valence-corrected chi connectivity index (χ4v) is 3.42. The molecule has 0 spiro atoms. The normalized spacial score (nSPS) is 17.4. The molecule has 2 amide bonds. The zero-order valence-electron chi connectivity index (χ0n) is 14.3. The van der Waals surface area contributed by atoms with E-state index in [-0.39, 0.29) is 12.1 Å². The number of aromatic nitrogens is 2. The lowest BCUT2D eigenvalue weighted by atomic mass is 9.99. The predicted octanol–water partition coefficient (Wildman–Crippen LogP) is 4.02. The Labute approximate surface area is 152 Å². The third-order valence-corrected chi connectivity index (χ3v) is 4.81.